The van der Waals surface area contributed by atoms with E-state index < -0.39 is 16.5 Å². The molecule has 4 aromatic rings. The smallest absolute Gasteiger partial charge is 0.286 e. The second-order valence-corrected chi connectivity index (χ2v) is 8.24. The number of benzene rings is 2. The number of carbonyl (C=O) groups is 1. The molecule has 1 amide bonds. The minimum atomic E-state index is -0.737. The summed E-state index contributed by atoms with van der Waals surface area (Å²) in [4.78, 5) is 28.4. The van der Waals surface area contributed by atoms with E-state index in [4.69, 9.17) is 9.47 Å². The van der Waals surface area contributed by atoms with Crippen molar-refractivity contribution in [2.45, 2.75) is 6.61 Å². The van der Waals surface area contributed by atoms with Crippen LogP contribution in [0.3, 0.4) is 0 Å². The Bertz CT molecular complexity index is 1360. The van der Waals surface area contributed by atoms with Crippen molar-refractivity contribution in [2.75, 3.05) is 7.11 Å². The molecule has 0 saturated heterocycles. The van der Waals surface area contributed by atoms with Crippen LogP contribution in [0.15, 0.2) is 52.4 Å². The second kappa shape index (κ2) is 9.16. The fraction of sp³-hybridized carbons (Fsp3) is 0.150. The van der Waals surface area contributed by atoms with Crippen molar-refractivity contribution in [1.82, 2.24) is 15.0 Å². The van der Waals surface area contributed by atoms with Crippen LogP contribution in [0.2, 0.25) is 0 Å². The zero-order chi connectivity index (χ0) is 22.7. The number of ether oxygens (including phenoxy) is 2. The van der Waals surface area contributed by atoms with Gasteiger partial charge in [0.1, 0.15) is 12.2 Å². The Labute approximate surface area is 189 Å². The fourth-order valence-corrected chi connectivity index (χ4v) is 4.48. The summed E-state index contributed by atoms with van der Waals surface area (Å²) < 4.78 is 13.7. The lowest BCUT2D eigenvalue weighted by atomic mass is 10.1. The summed E-state index contributed by atoms with van der Waals surface area (Å²) in [5.41, 5.74) is 5.08. The van der Waals surface area contributed by atoms with Crippen LogP contribution in [0.25, 0.3) is 10.2 Å². The first-order valence-corrected chi connectivity index (χ1v) is 11.0. The standard InChI is InChI=1S/C20H17N5O5S2/c1-24-14-5-3-4-6-18(14)32-20(24)23-22-19(26)13-7-16(29-2)17(8-15(13)25(27)28)30-9-12-10-31-11-21-12/h3-8,10-11H,9H2,1-2H3,(H,22,26)/b23-20+. The van der Waals surface area contributed by atoms with Gasteiger partial charge in [0.05, 0.1) is 39.5 Å². The molecule has 32 heavy (non-hydrogen) atoms. The van der Waals surface area contributed by atoms with E-state index in [2.05, 4.69) is 15.5 Å². The average Bonchev–Trinajstić information content (AvgIpc) is 3.43. The monoisotopic (exact) mass is 471 g/mol. The third-order valence-corrected chi connectivity index (χ3v) is 6.30. The van der Waals surface area contributed by atoms with Crippen molar-refractivity contribution in [3.05, 3.63) is 73.5 Å². The summed E-state index contributed by atoms with van der Waals surface area (Å²) >= 11 is 2.79. The quantitative estimate of drug-likeness (QED) is 0.326. The Kier molecular flexibility index (Phi) is 6.14. The summed E-state index contributed by atoms with van der Waals surface area (Å²) in [6, 6.07) is 10.1. The van der Waals surface area contributed by atoms with Crippen molar-refractivity contribution >= 4 is 44.5 Å². The molecule has 1 N–H and O–H groups in total. The number of rotatable bonds is 7. The van der Waals surface area contributed by atoms with Gasteiger partial charge in [-0.1, -0.05) is 23.5 Å². The number of para-hydroxylation sites is 1. The van der Waals surface area contributed by atoms with Gasteiger partial charge in [0.25, 0.3) is 11.6 Å². The van der Waals surface area contributed by atoms with Gasteiger partial charge in [0.15, 0.2) is 11.5 Å². The van der Waals surface area contributed by atoms with Crippen LogP contribution in [-0.2, 0) is 13.7 Å². The number of hydrogen-bond acceptors (Lipinski definition) is 9. The van der Waals surface area contributed by atoms with Crippen molar-refractivity contribution in [3.8, 4) is 11.5 Å². The van der Waals surface area contributed by atoms with Gasteiger partial charge in [-0.25, -0.2) is 10.4 Å². The molecule has 0 aliphatic heterocycles. The van der Waals surface area contributed by atoms with Gasteiger partial charge in [0, 0.05) is 18.5 Å². The molecule has 0 aliphatic carbocycles. The van der Waals surface area contributed by atoms with Gasteiger partial charge < -0.3 is 14.0 Å². The first-order valence-electron chi connectivity index (χ1n) is 9.23. The van der Waals surface area contributed by atoms with Crippen molar-refractivity contribution in [1.29, 1.82) is 0 Å². The highest BCUT2D eigenvalue weighted by Crippen LogP contribution is 2.35. The van der Waals surface area contributed by atoms with E-state index in [0.717, 1.165) is 10.2 Å². The van der Waals surface area contributed by atoms with E-state index in [0.29, 0.717) is 10.5 Å². The lowest BCUT2D eigenvalue weighted by Crippen LogP contribution is -2.24. The van der Waals surface area contributed by atoms with Gasteiger partial charge in [-0.05, 0) is 12.1 Å². The molecular weight excluding hydrogens is 454 g/mol. The predicted molar refractivity (Wildman–Crippen MR) is 120 cm³/mol. The summed E-state index contributed by atoms with van der Waals surface area (Å²) in [7, 11) is 3.21. The van der Waals surface area contributed by atoms with Gasteiger partial charge in [-0.3, -0.25) is 14.9 Å². The van der Waals surface area contributed by atoms with Crippen molar-refractivity contribution < 1.29 is 19.2 Å². The molecule has 2 aromatic heterocycles. The summed E-state index contributed by atoms with van der Waals surface area (Å²) in [5.74, 6) is -0.418. The number of amides is 1. The third-order valence-electron chi connectivity index (χ3n) is 4.55. The lowest BCUT2D eigenvalue weighted by Gasteiger charge is -2.11. The Morgan fingerprint density at radius 3 is 2.81 bits per heavy atom. The number of hydrogen-bond donors (Lipinski definition) is 1. The summed E-state index contributed by atoms with van der Waals surface area (Å²) in [5, 5.41) is 17.6. The number of thiazole rings is 2. The number of aromatic nitrogens is 2. The van der Waals surface area contributed by atoms with E-state index in [1.54, 1.807) is 10.9 Å². The number of fused-ring (bicyclic) bond motifs is 1. The molecule has 0 saturated carbocycles. The van der Waals surface area contributed by atoms with Crippen molar-refractivity contribution in [3.63, 3.8) is 0 Å². The van der Waals surface area contributed by atoms with Crippen molar-refractivity contribution in [2.24, 2.45) is 12.1 Å². The SMILES string of the molecule is COc1cc(C(=O)N/N=c2/sc3ccccc3n2C)c([N+](=O)[O-])cc1OCc1cscn1. The predicted octanol–water partition coefficient (Wildman–Crippen LogP) is 3.44. The van der Waals surface area contributed by atoms with Crippen LogP contribution in [0.1, 0.15) is 16.1 Å². The van der Waals surface area contributed by atoms with Crippen LogP contribution < -0.4 is 19.7 Å². The number of aryl methyl sites for hydroxylation is 1. The minimum absolute atomic E-state index is 0.111. The number of carbonyl (C=O) groups excluding carboxylic acids is 1. The first kappa shape index (κ1) is 21.5. The molecule has 12 heteroatoms. The lowest BCUT2D eigenvalue weighted by molar-refractivity contribution is -0.385. The number of nitro groups is 1. The van der Waals surface area contributed by atoms with Gasteiger partial charge in [0.2, 0.25) is 4.80 Å². The van der Waals surface area contributed by atoms with Crippen LogP contribution in [0.5, 0.6) is 11.5 Å². The largest absolute Gasteiger partial charge is 0.493 e. The first-order chi connectivity index (χ1) is 15.5. The van der Waals surface area contributed by atoms with E-state index in [1.807, 2.05) is 35.9 Å². The number of methoxy groups -OCH3 is 1. The molecule has 0 spiro atoms. The number of nitro benzene ring substituents is 1. The Morgan fingerprint density at radius 2 is 2.12 bits per heavy atom. The molecular formula is C20H17N5O5S2. The molecule has 0 unspecified atom stereocenters. The molecule has 2 aromatic carbocycles. The Hall–Kier alpha value is -3.77. The second-order valence-electron chi connectivity index (χ2n) is 6.51. The maximum atomic E-state index is 12.8. The molecule has 0 bridgehead atoms. The van der Waals surface area contributed by atoms with Gasteiger partial charge in [-0.2, -0.15) is 0 Å². The molecule has 0 atom stereocenters. The van der Waals surface area contributed by atoms with E-state index in [-0.39, 0.29) is 23.7 Å². The summed E-state index contributed by atoms with van der Waals surface area (Å²) in [6.07, 6.45) is 0. The van der Waals surface area contributed by atoms with Crippen LogP contribution in [0.4, 0.5) is 5.69 Å². The van der Waals surface area contributed by atoms with Gasteiger partial charge >= 0.3 is 0 Å². The normalized spacial score (nSPS) is 11.5. The fourth-order valence-electron chi connectivity index (χ4n) is 2.96. The van der Waals surface area contributed by atoms with Crippen LogP contribution >= 0.6 is 22.7 Å². The molecule has 0 aliphatic rings. The highest BCUT2D eigenvalue weighted by molar-refractivity contribution is 7.16. The number of nitrogens with one attached hydrogen (secondary N) is 1. The minimum Gasteiger partial charge on any atom is -0.493 e. The molecule has 10 nitrogen and oxygen atoms in total. The Morgan fingerprint density at radius 1 is 1.31 bits per heavy atom. The molecule has 0 fully saturated rings. The van der Waals surface area contributed by atoms with Crippen LogP contribution in [0, 0.1) is 10.1 Å². The molecule has 164 valence electrons. The number of nitrogens with zero attached hydrogens (tertiary/aromatic N) is 4. The van der Waals surface area contributed by atoms with E-state index in [9.17, 15) is 14.9 Å². The van der Waals surface area contributed by atoms with E-state index >= 15 is 0 Å². The summed E-state index contributed by atoms with van der Waals surface area (Å²) in [6.45, 7) is 0.111. The molecule has 2 heterocycles. The van der Waals surface area contributed by atoms with E-state index in [1.165, 1.54) is 41.9 Å². The zero-order valence-corrected chi connectivity index (χ0v) is 18.6. The Balaban J connectivity index is 1.64. The maximum absolute atomic E-state index is 12.8. The zero-order valence-electron chi connectivity index (χ0n) is 17.0. The third kappa shape index (κ3) is 4.31. The molecule has 4 rings (SSSR count). The topological polar surface area (TPSA) is 121 Å². The molecule has 0 radical (unpaired) electrons. The average molecular weight is 472 g/mol. The highest BCUT2D eigenvalue weighted by Gasteiger charge is 2.25. The van der Waals surface area contributed by atoms with Crippen LogP contribution in [-0.4, -0.2) is 27.5 Å². The van der Waals surface area contributed by atoms with Gasteiger partial charge in [-0.15, -0.1) is 16.4 Å². The maximum Gasteiger partial charge on any atom is 0.286 e. The highest BCUT2D eigenvalue weighted by atomic mass is 32.1.